The Hall–Kier alpha value is 1.34. The molecule has 0 saturated heterocycles. The van der Waals surface area contributed by atoms with Crippen LogP contribution in [0.3, 0.4) is 0 Å². The highest BCUT2D eigenvalue weighted by Gasteiger charge is 1.88. The maximum Gasteiger partial charge on any atom is 0.103 e. The van der Waals surface area contributed by atoms with E-state index < -0.39 is 0 Å². The first-order valence-electron chi connectivity index (χ1n) is 2.89. The summed E-state index contributed by atoms with van der Waals surface area (Å²) < 4.78 is 0.600. The molecule has 0 aliphatic heterocycles. The average molecular weight is 284 g/mol. The lowest BCUT2D eigenvalue weighted by Gasteiger charge is -1.92. The number of hydrogen-bond acceptors (Lipinski definition) is 2. The van der Waals surface area contributed by atoms with E-state index in [2.05, 4.69) is 0 Å². The summed E-state index contributed by atoms with van der Waals surface area (Å²) in [6.07, 6.45) is 3.46. The van der Waals surface area contributed by atoms with Crippen molar-refractivity contribution in [3.05, 3.63) is 21.1 Å². The molecule has 0 spiro atoms. The number of hydrogen-bond donors (Lipinski definition) is 0. The molecule has 0 rings (SSSR count). The van der Waals surface area contributed by atoms with Gasteiger partial charge in [0, 0.05) is 11.5 Å². The van der Waals surface area contributed by atoms with Crippen molar-refractivity contribution >= 4 is 68.0 Å². The van der Waals surface area contributed by atoms with Gasteiger partial charge in [0.1, 0.15) is 8.98 Å². The van der Waals surface area contributed by atoms with Gasteiger partial charge in [-0.1, -0.05) is 68.0 Å². The Morgan fingerprint density at radius 1 is 0.833 bits per heavy atom. The molecule has 0 aliphatic carbocycles. The minimum atomic E-state index is 0.300. The first-order valence-corrected chi connectivity index (χ1v) is 6.89. The maximum atomic E-state index is 5.39. The van der Waals surface area contributed by atoms with E-state index in [1.807, 2.05) is 0 Å². The van der Waals surface area contributed by atoms with Crippen LogP contribution in [0.15, 0.2) is 21.1 Å². The summed E-state index contributed by atoms with van der Waals surface area (Å²) in [6, 6.07) is 0. The van der Waals surface area contributed by atoms with Crippen LogP contribution in [0.4, 0.5) is 0 Å². The Kier molecular flexibility index (Phi) is 9.91. The molecule has 0 aromatic heterocycles. The second kappa shape index (κ2) is 8.92. The Bertz CT molecular complexity index is 150. The van der Waals surface area contributed by atoms with E-state index in [0.29, 0.717) is 8.98 Å². The fraction of sp³-hybridized carbons (Fsp3) is 0.333. The monoisotopic (exact) mass is 282 g/mol. The highest BCUT2D eigenvalue weighted by atomic mass is 35.5. The van der Waals surface area contributed by atoms with Gasteiger partial charge in [-0.25, -0.2) is 0 Å². The van der Waals surface area contributed by atoms with Crippen LogP contribution in [0, 0.1) is 0 Å². The minimum absolute atomic E-state index is 0.300. The second-order valence-corrected chi connectivity index (χ2v) is 6.12. The topological polar surface area (TPSA) is 0 Å². The lowest BCUT2D eigenvalue weighted by molar-refractivity contribution is 1.79. The smallest absolute Gasteiger partial charge is 0.0896 e. The Labute approximate surface area is 100 Å². The van der Waals surface area contributed by atoms with Crippen molar-refractivity contribution in [2.75, 3.05) is 11.5 Å². The van der Waals surface area contributed by atoms with Crippen LogP contribution in [-0.2, 0) is 0 Å². The molecule has 0 amide bonds. The predicted molar refractivity (Wildman–Crippen MR) is 64.5 cm³/mol. The normalized spacial score (nSPS) is 9.33. The molecule has 6 heteroatoms. The van der Waals surface area contributed by atoms with Crippen molar-refractivity contribution in [3.8, 4) is 0 Å². The molecule has 0 saturated carbocycles. The third-order valence-electron chi connectivity index (χ3n) is 0.695. The van der Waals surface area contributed by atoms with Crippen molar-refractivity contribution in [3.63, 3.8) is 0 Å². The van der Waals surface area contributed by atoms with Crippen LogP contribution in [0.1, 0.15) is 0 Å². The van der Waals surface area contributed by atoms with E-state index in [0.717, 1.165) is 11.5 Å². The summed E-state index contributed by atoms with van der Waals surface area (Å²) >= 11 is 21.6. The summed E-state index contributed by atoms with van der Waals surface area (Å²) in [6.45, 7) is 0. The van der Waals surface area contributed by atoms with E-state index in [4.69, 9.17) is 46.4 Å². The minimum Gasteiger partial charge on any atom is -0.0896 e. The molecule has 0 atom stereocenters. The van der Waals surface area contributed by atoms with E-state index in [9.17, 15) is 0 Å². The van der Waals surface area contributed by atoms with Gasteiger partial charge < -0.3 is 0 Å². The van der Waals surface area contributed by atoms with Gasteiger partial charge in [-0.2, -0.15) is 0 Å². The fourth-order valence-corrected chi connectivity index (χ4v) is 2.61. The molecule has 0 radical (unpaired) electrons. The van der Waals surface area contributed by atoms with Gasteiger partial charge in [-0.05, 0) is 12.2 Å². The average Bonchev–Trinajstić information content (AvgIpc) is 1.95. The van der Waals surface area contributed by atoms with Gasteiger partial charge in [0.05, 0.1) is 0 Å². The van der Waals surface area contributed by atoms with Gasteiger partial charge in [-0.15, -0.1) is 0 Å². The molecule has 0 aromatic carbocycles. The van der Waals surface area contributed by atoms with Crippen LogP contribution >= 0.6 is 68.0 Å². The first kappa shape index (κ1) is 13.3. The standard InChI is InChI=1S/C6H6Cl4S2/c7-5(8)1-3-11-12-4-2-6(9)10/h1-2H,3-4H2. The van der Waals surface area contributed by atoms with Crippen LogP contribution in [0.25, 0.3) is 0 Å². The zero-order valence-corrected chi connectivity index (χ0v) is 10.6. The zero-order valence-electron chi connectivity index (χ0n) is 5.90. The molecule has 0 N–H and O–H groups in total. The highest BCUT2D eigenvalue weighted by Crippen LogP contribution is 2.23. The Morgan fingerprint density at radius 2 is 1.17 bits per heavy atom. The van der Waals surface area contributed by atoms with Crippen LogP contribution in [-0.4, -0.2) is 11.5 Å². The summed E-state index contributed by atoms with van der Waals surface area (Å²) in [5, 5.41) is 0. The quantitative estimate of drug-likeness (QED) is 0.514. The van der Waals surface area contributed by atoms with Crippen LogP contribution in [0.2, 0.25) is 0 Å². The zero-order chi connectivity index (χ0) is 9.40. The van der Waals surface area contributed by atoms with Gasteiger partial charge in [-0.3, -0.25) is 0 Å². The molecule has 70 valence electrons. The molecular weight excluding hydrogens is 278 g/mol. The summed E-state index contributed by atoms with van der Waals surface area (Å²) in [5.74, 6) is 1.56. The largest absolute Gasteiger partial charge is 0.103 e. The second-order valence-electron chi connectivity index (χ2n) is 1.56. The number of halogens is 4. The third-order valence-corrected chi connectivity index (χ3v) is 3.40. The Balaban J connectivity index is 3.23. The SMILES string of the molecule is ClC(Cl)=CCSSCC=C(Cl)Cl. The molecule has 0 aromatic rings. The lowest BCUT2D eigenvalue weighted by Crippen LogP contribution is -1.69. The molecule has 0 heterocycles. The Morgan fingerprint density at radius 3 is 1.42 bits per heavy atom. The molecule has 0 fully saturated rings. The van der Waals surface area contributed by atoms with Gasteiger partial charge >= 0.3 is 0 Å². The van der Waals surface area contributed by atoms with Crippen LogP contribution in [0.5, 0.6) is 0 Å². The number of rotatable bonds is 5. The van der Waals surface area contributed by atoms with Crippen molar-refractivity contribution < 1.29 is 0 Å². The molecule has 0 bridgehead atoms. The maximum absolute atomic E-state index is 5.39. The van der Waals surface area contributed by atoms with Crippen molar-refractivity contribution in [1.29, 1.82) is 0 Å². The van der Waals surface area contributed by atoms with E-state index in [-0.39, 0.29) is 0 Å². The van der Waals surface area contributed by atoms with Crippen molar-refractivity contribution in [1.82, 2.24) is 0 Å². The van der Waals surface area contributed by atoms with E-state index in [1.165, 1.54) is 0 Å². The van der Waals surface area contributed by atoms with E-state index >= 15 is 0 Å². The third kappa shape index (κ3) is 11.3. The highest BCUT2D eigenvalue weighted by molar-refractivity contribution is 8.76. The summed E-state index contributed by atoms with van der Waals surface area (Å²) in [5.41, 5.74) is 0. The fourth-order valence-electron chi connectivity index (χ4n) is 0.290. The molecule has 0 unspecified atom stereocenters. The van der Waals surface area contributed by atoms with Gasteiger partial charge in [0.2, 0.25) is 0 Å². The summed E-state index contributed by atoms with van der Waals surface area (Å²) in [7, 11) is 3.27. The lowest BCUT2D eigenvalue weighted by atomic mass is 10.8. The van der Waals surface area contributed by atoms with Gasteiger partial charge in [0.15, 0.2) is 0 Å². The summed E-state index contributed by atoms with van der Waals surface area (Å²) in [4.78, 5) is 0. The molecular formula is C6H6Cl4S2. The van der Waals surface area contributed by atoms with Gasteiger partial charge in [0.25, 0.3) is 0 Å². The van der Waals surface area contributed by atoms with Crippen LogP contribution < -0.4 is 0 Å². The predicted octanol–water partition coefficient (Wildman–Crippen LogP) is 5.01. The van der Waals surface area contributed by atoms with Crippen molar-refractivity contribution in [2.24, 2.45) is 0 Å². The molecule has 0 nitrogen and oxygen atoms in total. The van der Waals surface area contributed by atoms with Crippen molar-refractivity contribution in [2.45, 2.75) is 0 Å². The first-order chi connectivity index (χ1) is 5.63. The molecule has 0 aliphatic rings. The van der Waals surface area contributed by atoms with E-state index in [1.54, 1.807) is 33.7 Å². The molecule has 12 heavy (non-hydrogen) atoms.